The fraction of sp³-hybridized carbons (Fsp3) is 0.733. The molecular weight excluding hydrogens is 252 g/mol. The number of aromatic nitrogens is 2. The maximum Gasteiger partial charge on any atom is 0.223 e. The Morgan fingerprint density at radius 2 is 2.40 bits per heavy atom. The molecule has 1 aliphatic heterocycles. The third-order valence-corrected chi connectivity index (χ3v) is 5.24. The zero-order valence-electron chi connectivity index (χ0n) is 12.4. The van der Waals surface area contributed by atoms with E-state index in [1.165, 1.54) is 18.5 Å². The molecule has 110 valence electrons. The minimum absolute atomic E-state index is 0.212. The molecule has 2 heterocycles. The number of aryl methyl sites for hydroxylation is 1. The summed E-state index contributed by atoms with van der Waals surface area (Å²) in [6.45, 7) is 3.09. The van der Waals surface area contributed by atoms with Crippen LogP contribution in [0.15, 0.2) is 12.5 Å². The third kappa shape index (κ3) is 2.24. The number of nitrogens with one attached hydrogen (secondary N) is 1. The number of carbonyl (C=O) groups is 1. The van der Waals surface area contributed by atoms with Crippen LogP contribution in [-0.4, -0.2) is 40.5 Å². The number of rotatable bonds is 3. The van der Waals surface area contributed by atoms with Gasteiger partial charge in [-0.15, -0.1) is 0 Å². The molecule has 0 unspecified atom stereocenters. The van der Waals surface area contributed by atoms with Crippen LogP contribution in [0.1, 0.15) is 31.4 Å². The van der Waals surface area contributed by atoms with Gasteiger partial charge in [0, 0.05) is 39.3 Å². The molecule has 0 radical (unpaired) electrons. The largest absolute Gasteiger partial charge is 0.359 e. The van der Waals surface area contributed by atoms with E-state index in [2.05, 4.69) is 19.8 Å². The lowest BCUT2D eigenvalue weighted by Gasteiger charge is -2.30. The quantitative estimate of drug-likeness (QED) is 0.901. The van der Waals surface area contributed by atoms with Crippen LogP contribution in [-0.2, 0) is 18.4 Å². The smallest absolute Gasteiger partial charge is 0.223 e. The van der Waals surface area contributed by atoms with Crippen molar-refractivity contribution in [1.82, 2.24) is 19.8 Å². The van der Waals surface area contributed by atoms with E-state index in [9.17, 15) is 4.79 Å². The summed E-state index contributed by atoms with van der Waals surface area (Å²) >= 11 is 0. The number of amides is 1. The van der Waals surface area contributed by atoms with E-state index in [0.29, 0.717) is 0 Å². The highest BCUT2D eigenvalue weighted by molar-refractivity contribution is 5.79. The number of hydrogen-bond donors (Lipinski definition) is 1. The van der Waals surface area contributed by atoms with E-state index < -0.39 is 0 Å². The zero-order chi connectivity index (χ0) is 14.2. The highest BCUT2D eigenvalue weighted by Crippen LogP contribution is 2.49. The minimum Gasteiger partial charge on any atom is -0.359 e. The number of nitrogens with zero attached hydrogens (tertiary/aromatic N) is 3. The summed E-state index contributed by atoms with van der Waals surface area (Å²) < 4.78 is 2.08. The van der Waals surface area contributed by atoms with Crippen molar-refractivity contribution in [2.75, 3.05) is 20.1 Å². The summed E-state index contributed by atoms with van der Waals surface area (Å²) in [5, 5.41) is 2.86. The van der Waals surface area contributed by atoms with Gasteiger partial charge in [-0.05, 0) is 31.2 Å². The fourth-order valence-corrected chi connectivity index (χ4v) is 4.10. The highest BCUT2D eigenvalue weighted by atomic mass is 16.1. The lowest BCUT2D eigenvalue weighted by atomic mass is 9.76. The maximum absolute atomic E-state index is 12.1. The molecule has 5 heteroatoms. The Bertz CT molecular complexity index is 498. The minimum atomic E-state index is 0.212. The number of carbonyl (C=O) groups excluding carboxylic acids is 1. The zero-order valence-corrected chi connectivity index (χ0v) is 12.4. The average molecular weight is 276 g/mol. The van der Waals surface area contributed by atoms with E-state index in [-0.39, 0.29) is 17.2 Å². The molecule has 1 aromatic rings. The van der Waals surface area contributed by atoms with Crippen LogP contribution < -0.4 is 5.32 Å². The standard InChI is InChI=1S/C15H24N4O/c1-16-14(20)13-4-3-5-15(13)6-7-19(10-15)9-12-8-17-11-18(12)2/h8,11,13H,3-7,9-10H2,1-2H3,(H,16,20)/t13-,15+/m0/s1. The van der Waals surface area contributed by atoms with E-state index in [0.717, 1.165) is 32.5 Å². The molecule has 1 N–H and O–H groups in total. The second-order valence-electron chi connectivity index (χ2n) is 6.38. The van der Waals surface area contributed by atoms with Gasteiger partial charge in [0.25, 0.3) is 0 Å². The van der Waals surface area contributed by atoms with Crippen LogP contribution in [0.5, 0.6) is 0 Å². The lowest BCUT2D eigenvalue weighted by molar-refractivity contribution is -0.127. The fourth-order valence-electron chi connectivity index (χ4n) is 4.10. The van der Waals surface area contributed by atoms with Crippen molar-refractivity contribution in [3.63, 3.8) is 0 Å². The van der Waals surface area contributed by atoms with Crippen LogP contribution in [0.2, 0.25) is 0 Å². The summed E-state index contributed by atoms with van der Waals surface area (Å²) in [5.41, 5.74) is 1.47. The SMILES string of the molecule is CNC(=O)[C@@H]1CCC[C@]12CCN(Cc1cncn1C)C2. The molecule has 2 atom stereocenters. The molecule has 1 aliphatic carbocycles. The van der Waals surface area contributed by atoms with E-state index in [4.69, 9.17) is 0 Å². The van der Waals surface area contributed by atoms with Gasteiger partial charge < -0.3 is 9.88 Å². The monoisotopic (exact) mass is 276 g/mol. The van der Waals surface area contributed by atoms with Gasteiger partial charge in [-0.25, -0.2) is 4.98 Å². The van der Waals surface area contributed by atoms with Crippen molar-refractivity contribution in [3.8, 4) is 0 Å². The van der Waals surface area contributed by atoms with Gasteiger partial charge in [0.05, 0.1) is 12.0 Å². The van der Waals surface area contributed by atoms with Crippen molar-refractivity contribution in [3.05, 3.63) is 18.2 Å². The normalized spacial score (nSPS) is 30.2. The number of likely N-dealkylation sites (tertiary alicyclic amines) is 1. The summed E-state index contributed by atoms with van der Waals surface area (Å²) in [6.07, 6.45) is 8.40. The molecule has 0 aromatic carbocycles. The Morgan fingerprint density at radius 3 is 3.10 bits per heavy atom. The van der Waals surface area contributed by atoms with Gasteiger partial charge in [0.2, 0.25) is 5.91 Å². The molecule has 1 saturated carbocycles. The summed E-state index contributed by atoms with van der Waals surface area (Å²) in [6, 6.07) is 0. The second kappa shape index (κ2) is 5.20. The van der Waals surface area contributed by atoms with Crippen molar-refractivity contribution in [2.24, 2.45) is 18.4 Å². The first-order chi connectivity index (χ1) is 9.64. The van der Waals surface area contributed by atoms with Crippen molar-refractivity contribution in [1.29, 1.82) is 0 Å². The molecule has 2 fully saturated rings. The first-order valence-electron chi connectivity index (χ1n) is 7.54. The van der Waals surface area contributed by atoms with Crippen LogP contribution in [0.4, 0.5) is 0 Å². The number of hydrogen-bond acceptors (Lipinski definition) is 3. The van der Waals surface area contributed by atoms with E-state index in [1.54, 1.807) is 7.05 Å². The Balaban J connectivity index is 1.69. The van der Waals surface area contributed by atoms with Crippen LogP contribution in [0, 0.1) is 11.3 Å². The average Bonchev–Trinajstić information content (AvgIpc) is 3.14. The van der Waals surface area contributed by atoms with E-state index >= 15 is 0 Å². The first kappa shape index (κ1) is 13.6. The topological polar surface area (TPSA) is 50.2 Å². The van der Waals surface area contributed by atoms with Gasteiger partial charge in [-0.3, -0.25) is 9.69 Å². The van der Waals surface area contributed by atoms with Crippen molar-refractivity contribution >= 4 is 5.91 Å². The number of imidazole rings is 1. The molecule has 3 rings (SSSR count). The molecule has 20 heavy (non-hydrogen) atoms. The molecule has 2 aliphatic rings. The van der Waals surface area contributed by atoms with Crippen LogP contribution in [0.25, 0.3) is 0 Å². The third-order valence-electron chi connectivity index (χ3n) is 5.24. The van der Waals surface area contributed by atoms with Gasteiger partial charge in [-0.2, -0.15) is 0 Å². The summed E-state index contributed by atoms with van der Waals surface area (Å²) in [5.74, 6) is 0.453. The van der Waals surface area contributed by atoms with Crippen LogP contribution in [0.3, 0.4) is 0 Å². The predicted octanol–water partition coefficient (Wildman–Crippen LogP) is 1.16. The first-order valence-corrected chi connectivity index (χ1v) is 7.54. The van der Waals surface area contributed by atoms with Crippen molar-refractivity contribution in [2.45, 2.75) is 32.2 Å². The molecule has 0 bridgehead atoms. The molecule has 1 saturated heterocycles. The Morgan fingerprint density at radius 1 is 1.55 bits per heavy atom. The maximum atomic E-state index is 12.1. The molecule has 5 nitrogen and oxygen atoms in total. The highest BCUT2D eigenvalue weighted by Gasteiger charge is 2.49. The van der Waals surface area contributed by atoms with E-state index in [1.807, 2.05) is 19.6 Å². The van der Waals surface area contributed by atoms with Crippen LogP contribution >= 0.6 is 0 Å². The van der Waals surface area contributed by atoms with Gasteiger partial charge in [0.15, 0.2) is 0 Å². The summed E-state index contributed by atoms with van der Waals surface area (Å²) in [7, 11) is 3.80. The van der Waals surface area contributed by atoms with Gasteiger partial charge in [-0.1, -0.05) is 6.42 Å². The molecule has 1 aromatic heterocycles. The molecule has 1 spiro atoms. The van der Waals surface area contributed by atoms with Gasteiger partial charge in [0.1, 0.15) is 0 Å². The predicted molar refractivity (Wildman–Crippen MR) is 76.9 cm³/mol. The molecular formula is C15H24N4O. The lowest BCUT2D eigenvalue weighted by Crippen LogP contribution is -2.39. The summed E-state index contributed by atoms with van der Waals surface area (Å²) in [4.78, 5) is 18.8. The Kier molecular flexibility index (Phi) is 3.54. The van der Waals surface area contributed by atoms with Crippen molar-refractivity contribution < 1.29 is 4.79 Å². The second-order valence-corrected chi connectivity index (χ2v) is 6.38. The Labute approximate surface area is 120 Å². The Hall–Kier alpha value is -1.36. The molecule has 1 amide bonds. The van der Waals surface area contributed by atoms with Gasteiger partial charge >= 0.3 is 0 Å².